The Bertz CT molecular complexity index is 1440. The summed E-state index contributed by atoms with van der Waals surface area (Å²) in [5.41, 5.74) is 2.41. The van der Waals surface area contributed by atoms with Gasteiger partial charge in [0.1, 0.15) is 5.65 Å². The highest BCUT2D eigenvalue weighted by Gasteiger charge is 2.24. The van der Waals surface area contributed by atoms with E-state index in [0.717, 1.165) is 56.0 Å². The van der Waals surface area contributed by atoms with Crippen molar-refractivity contribution in [3.05, 3.63) is 65.6 Å². The van der Waals surface area contributed by atoms with Crippen LogP contribution < -0.4 is 15.8 Å². The smallest absolute Gasteiger partial charge is 0.252 e. The van der Waals surface area contributed by atoms with Gasteiger partial charge in [-0.2, -0.15) is 4.98 Å². The number of carbonyl (C=O) groups is 2. The molecule has 1 atom stereocenters. The van der Waals surface area contributed by atoms with Gasteiger partial charge in [0.05, 0.1) is 0 Å². The SMILES string of the molecule is C=CC(=O)N1CCN(C(C)Cn2c(=O)ccc3cnc(Nc4ccc(N5CCN(C(C)=O)CC5)cc4)nc32)CC1. The molecule has 2 amide bonds. The Morgan fingerprint density at radius 2 is 1.65 bits per heavy atom. The third-order valence-corrected chi connectivity index (χ3v) is 7.81. The molecule has 2 aromatic heterocycles. The van der Waals surface area contributed by atoms with Crippen LogP contribution in [-0.4, -0.2) is 99.4 Å². The number of piperazine rings is 2. The summed E-state index contributed by atoms with van der Waals surface area (Å²) in [6.07, 6.45) is 3.08. The molecule has 1 unspecified atom stereocenters. The molecule has 0 aliphatic carbocycles. The zero-order valence-corrected chi connectivity index (χ0v) is 23.1. The fraction of sp³-hybridized carbons (Fsp3) is 0.414. The molecule has 0 saturated carbocycles. The van der Waals surface area contributed by atoms with Gasteiger partial charge in [-0.3, -0.25) is 23.9 Å². The maximum Gasteiger partial charge on any atom is 0.252 e. The molecule has 5 rings (SSSR count). The second-order valence-electron chi connectivity index (χ2n) is 10.3. The minimum absolute atomic E-state index is 0.0450. The van der Waals surface area contributed by atoms with Crippen molar-refractivity contribution in [1.29, 1.82) is 0 Å². The topological polar surface area (TPSA) is 107 Å². The molecule has 40 heavy (non-hydrogen) atoms. The summed E-state index contributed by atoms with van der Waals surface area (Å²) in [7, 11) is 0. The molecule has 11 heteroatoms. The van der Waals surface area contributed by atoms with E-state index < -0.39 is 0 Å². The second-order valence-corrected chi connectivity index (χ2v) is 10.3. The van der Waals surface area contributed by atoms with Crippen molar-refractivity contribution in [3.8, 4) is 0 Å². The molecule has 2 fully saturated rings. The monoisotopic (exact) mass is 544 g/mol. The van der Waals surface area contributed by atoms with E-state index in [9.17, 15) is 14.4 Å². The van der Waals surface area contributed by atoms with Crippen LogP contribution in [0, 0.1) is 0 Å². The highest BCUT2D eigenvalue weighted by molar-refractivity contribution is 5.87. The number of hydrogen-bond donors (Lipinski definition) is 1. The number of benzene rings is 1. The summed E-state index contributed by atoms with van der Waals surface area (Å²) < 4.78 is 1.71. The van der Waals surface area contributed by atoms with Crippen LogP contribution in [0.3, 0.4) is 0 Å². The van der Waals surface area contributed by atoms with E-state index in [2.05, 4.69) is 33.6 Å². The third kappa shape index (κ3) is 5.99. The lowest BCUT2D eigenvalue weighted by atomic mass is 10.2. The summed E-state index contributed by atoms with van der Waals surface area (Å²) in [6, 6.07) is 11.5. The molecule has 4 heterocycles. The number of nitrogens with zero attached hydrogens (tertiary/aromatic N) is 7. The Balaban J connectivity index is 1.27. The van der Waals surface area contributed by atoms with Gasteiger partial charge in [-0.25, -0.2) is 4.98 Å². The number of amides is 2. The first-order chi connectivity index (χ1) is 19.3. The Hall–Kier alpha value is -4.25. The molecule has 0 radical (unpaired) electrons. The van der Waals surface area contributed by atoms with Gasteiger partial charge in [-0.05, 0) is 43.3 Å². The highest BCUT2D eigenvalue weighted by Crippen LogP contribution is 2.22. The fourth-order valence-corrected chi connectivity index (χ4v) is 5.36. The number of carbonyl (C=O) groups excluding carboxylic acids is 2. The Morgan fingerprint density at radius 3 is 2.30 bits per heavy atom. The van der Waals surface area contributed by atoms with Crippen molar-refractivity contribution >= 4 is 40.2 Å². The van der Waals surface area contributed by atoms with Crippen LogP contribution in [0.4, 0.5) is 17.3 Å². The van der Waals surface area contributed by atoms with Gasteiger partial charge in [0.2, 0.25) is 17.8 Å². The number of pyridine rings is 1. The lowest BCUT2D eigenvalue weighted by molar-refractivity contribution is -0.129. The van der Waals surface area contributed by atoms with Gasteiger partial charge >= 0.3 is 0 Å². The Morgan fingerprint density at radius 1 is 0.975 bits per heavy atom. The molecule has 2 aliphatic heterocycles. The van der Waals surface area contributed by atoms with E-state index in [-0.39, 0.29) is 23.4 Å². The van der Waals surface area contributed by atoms with Gasteiger partial charge in [0.15, 0.2) is 0 Å². The molecule has 2 saturated heterocycles. The molecule has 210 valence electrons. The van der Waals surface area contributed by atoms with Gasteiger partial charge in [-0.1, -0.05) is 6.58 Å². The van der Waals surface area contributed by atoms with Crippen LogP contribution in [0.5, 0.6) is 0 Å². The number of anilines is 3. The normalized spacial score (nSPS) is 17.1. The summed E-state index contributed by atoms with van der Waals surface area (Å²) in [5.74, 6) is 0.490. The van der Waals surface area contributed by atoms with Gasteiger partial charge in [0.25, 0.3) is 5.56 Å². The van der Waals surface area contributed by atoms with Gasteiger partial charge in [-0.15, -0.1) is 0 Å². The average Bonchev–Trinajstić information content (AvgIpc) is 2.98. The summed E-state index contributed by atoms with van der Waals surface area (Å²) >= 11 is 0. The fourth-order valence-electron chi connectivity index (χ4n) is 5.36. The quantitative estimate of drug-likeness (QED) is 0.450. The second kappa shape index (κ2) is 11.9. The first-order valence-electron chi connectivity index (χ1n) is 13.7. The van der Waals surface area contributed by atoms with E-state index in [4.69, 9.17) is 4.98 Å². The minimum atomic E-state index is -0.112. The third-order valence-electron chi connectivity index (χ3n) is 7.81. The van der Waals surface area contributed by atoms with E-state index in [1.54, 1.807) is 34.7 Å². The van der Waals surface area contributed by atoms with Crippen molar-refractivity contribution in [2.24, 2.45) is 0 Å². The summed E-state index contributed by atoms with van der Waals surface area (Å²) in [6.45, 7) is 13.6. The van der Waals surface area contributed by atoms with Crippen molar-refractivity contribution in [2.45, 2.75) is 26.4 Å². The van der Waals surface area contributed by atoms with Crippen LogP contribution >= 0.6 is 0 Å². The molecule has 2 aliphatic rings. The maximum atomic E-state index is 12.9. The van der Waals surface area contributed by atoms with Crippen molar-refractivity contribution in [1.82, 2.24) is 29.2 Å². The molecular weight excluding hydrogens is 508 g/mol. The molecule has 1 N–H and O–H groups in total. The van der Waals surface area contributed by atoms with Crippen LogP contribution in [0.2, 0.25) is 0 Å². The summed E-state index contributed by atoms with van der Waals surface area (Å²) in [4.78, 5) is 53.9. The molecule has 3 aromatic rings. The minimum Gasteiger partial charge on any atom is -0.368 e. The molecule has 0 bridgehead atoms. The first-order valence-corrected chi connectivity index (χ1v) is 13.7. The molecule has 0 spiro atoms. The lowest BCUT2D eigenvalue weighted by Gasteiger charge is -2.37. The van der Waals surface area contributed by atoms with E-state index in [0.29, 0.717) is 31.2 Å². The predicted octanol–water partition coefficient (Wildman–Crippen LogP) is 1.92. The number of fused-ring (bicyclic) bond motifs is 1. The van der Waals surface area contributed by atoms with E-state index in [1.165, 1.54) is 6.08 Å². The first kappa shape index (κ1) is 27.3. The van der Waals surface area contributed by atoms with Crippen molar-refractivity contribution in [3.63, 3.8) is 0 Å². The zero-order valence-electron chi connectivity index (χ0n) is 23.1. The molecule has 1 aromatic carbocycles. The number of aromatic nitrogens is 3. The molecule has 11 nitrogen and oxygen atoms in total. The lowest BCUT2D eigenvalue weighted by Crippen LogP contribution is -2.52. The van der Waals surface area contributed by atoms with Crippen molar-refractivity contribution in [2.75, 3.05) is 62.6 Å². The van der Waals surface area contributed by atoms with E-state index in [1.807, 2.05) is 29.2 Å². The van der Waals surface area contributed by atoms with Crippen LogP contribution in [-0.2, 0) is 16.1 Å². The molecular formula is C29H36N8O3. The standard InChI is InChI=1S/C29H36N8O3/c1-4-26(39)36-17-11-33(12-18-36)21(2)20-37-27(40)10-5-23-19-30-29(32-28(23)37)31-24-6-8-25(9-7-24)35-15-13-34(14-16-35)22(3)38/h4-10,19,21H,1,11-18,20H2,2-3H3,(H,30,31,32). The zero-order chi connectivity index (χ0) is 28.2. The summed E-state index contributed by atoms with van der Waals surface area (Å²) in [5, 5.41) is 4.06. The van der Waals surface area contributed by atoms with Crippen LogP contribution in [0.15, 0.2) is 60.0 Å². The van der Waals surface area contributed by atoms with E-state index >= 15 is 0 Å². The van der Waals surface area contributed by atoms with Crippen molar-refractivity contribution < 1.29 is 9.59 Å². The predicted molar refractivity (Wildman–Crippen MR) is 156 cm³/mol. The number of rotatable bonds is 7. The largest absolute Gasteiger partial charge is 0.368 e. The van der Waals surface area contributed by atoms with Crippen LogP contribution in [0.1, 0.15) is 13.8 Å². The number of hydrogen-bond acceptors (Lipinski definition) is 8. The van der Waals surface area contributed by atoms with Gasteiger partial charge in [0, 0.05) is 101 Å². The highest BCUT2D eigenvalue weighted by atomic mass is 16.2. The Labute approximate surface area is 233 Å². The Kier molecular flexibility index (Phi) is 8.11. The van der Waals surface area contributed by atoms with Gasteiger partial charge < -0.3 is 20.0 Å². The van der Waals surface area contributed by atoms with Crippen LogP contribution in [0.25, 0.3) is 11.0 Å². The average molecular weight is 545 g/mol. The maximum absolute atomic E-state index is 12.9. The number of nitrogens with one attached hydrogen (secondary N) is 1.